The van der Waals surface area contributed by atoms with Crippen molar-refractivity contribution in [2.24, 2.45) is 0 Å². The molecule has 6 heteroatoms. The van der Waals surface area contributed by atoms with Gasteiger partial charge in [-0.15, -0.1) is 53.6 Å². The maximum absolute atomic E-state index is 6.39. The standard InChI is InChI=1S/C29H18N3O.C11H8N.Ir/c1-18-15-16-23(27-25(18)22-13-7-8-14-24(22)33-27)28-31-26-21-12-6-5-9-19(21)17-30-29(26)32(28)20-10-3-2-4-11-20;1-2-6-10(7-3-1)11-8-4-5-9-12-11;/h2-15,17H,1H3;1-6,8-9H;/q2*-1;. The normalized spacial score (nSPS) is 11.0. The molecule has 0 bridgehead atoms. The molecule has 0 saturated heterocycles. The first kappa shape index (κ1) is 29.3. The second-order valence-corrected chi connectivity index (χ2v) is 10.8. The zero-order valence-electron chi connectivity index (χ0n) is 24.8. The fourth-order valence-corrected chi connectivity index (χ4v) is 5.83. The minimum atomic E-state index is 0. The Balaban J connectivity index is 0.000000220. The van der Waals surface area contributed by atoms with E-state index in [1.807, 2.05) is 103 Å². The quantitative estimate of drug-likeness (QED) is 0.168. The molecular weight excluding hydrogens is 745 g/mol. The monoisotopic (exact) mass is 771 g/mol. The first-order chi connectivity index (χ1) is 22.3. The molecule has 9 aromatic rings. The Morgan fingerprint density at radius 2 is 1.48 bits per heavy atom. The molecule has 0 atom stereocenters. The van der Waals surface area contributed by atoms with Crippen molar-refractivity contribution < 1.29 is 24.5 Å². The van der Waals surface area contributed by atoms with Crippen LogP contribution in [0.15, 0.2) is 144 Å². The molecule has 9 rings (SSSR count). The summed E-state index contributed by atoms with van der Waals surface area (Å²) < 4.78 is 8.49. The number of para-hydroxylation sites is 2. The molecule has 46 heavy (non-hydrogen) atoms. The van der Waals surface area contributed by atoms with Crippen LogP contribution >= 0.6 is 0 Å². The van der Waals surface area contributed by atoms with Gasteiger partial charge < -0.3 is 14.0 Å². The van der Waals surface area contributed by atoms with Gasteiger partial charge in [-0.2, -0.15) is 0 Å². The van der Waals surface area contributed by atoms with Crippen LogP contribution in [0.3, 0.4) is 0 Å². The predicted octanol–water partition coefficient (Wildman–Crippen LogP) is 9.79. The van der Waals surface area contributed by atoms with Crippen LogP contribution in [0.25, 0.3) is 72.2 Å². The molecule has 0 aliphatic heterocycles. The SMILES string of the molecule is Cc1c[c-]c(-c2nc3c4ccccc4cnc3n2-c2ccccc2)c2oc3ccccc3c12.[Ir].[c-]1ccccc1-c1ccccn1. The van der Waals surface area contributed by atoms with Crippen molar-refractivity contribution in [1.82, 2.24) is 19.5 Å². The number of hydrogen-bond donors (Lipinski definition) is 0. The Morgan fingerprint density at radius 1 is 0.717 bits per heavy atom. The summed E-state index contributed by atoms with van der Waals surface area (Å²) >= 11 is 0. The van der Waals surface area contributed by atoms with E-state index in [4.69, 9.17) is 14.4 Å². The van der Waals surface area contributed by atoms with Crippen molar-refractivity contribution in [3.63, 3.8) is 0 Å². The third-order valence-electron chi connectivity index (χ3n) is 7.93. The van der Waals surface area contributed by atoms with Gasteiger partial charge >= 0.3 is 0 Å². The topological polar surface area (TPSA) is 56.7 Å². The van der Waals surface area contributed by atoms with E-state index in [1.165, 1.54) is 0 Å². The van der Waals surface area contributed by atoms with Crippen LogP contribution in [-0.4, -0.2) is 19.5 Å². The minimum Gasteiger partial charge on any atom is -0.501 e. The number of nitrogens with zero attached hydrogens (tertiary/aromatic N) is 4. The number of pyridine rings is 2. The molecular formula is C40H26IrN4O-2. The number of fused-ring (bicyclic) bond motifs is 6. The van der Waals surface area contributed by atoms with Crippen molar-refractivity contribution >= 4 is 43.9 Å². The fraction of sp³-hybridized carbons (Fsp3) is 0.0250. The Morgan fingerprint density at radius 3 is 2.28 bits per heavy atom. The van der Waals surface area contributed by atoms with Crippen LogP contribution in [-0.2, 0) is 20.1 Å². The van der Waals surface area contributed by atoms with Gasteiger partial charge in [0.05, 0.1) is 11.4 Å². The van der Waals surface area contributed by atoms with E-state index in [9.17, 15) is 0 Å². The predicted molar refractivity (Wildman–Crippen MR) is 181 cm³/mol. The Bertz CT molecular complexity index is 2400. The number of benzene rings is 5. The molecule has 4 heterocycles. The van der Waals surface area contributed by atoms with Crippen molar-refractivity contribution in [3.05, 3.63) is 157 Å². The molecule has 4 aromatic heterocycles. The number of hydrogen-bond acceptors (Lipinski definition) is 4. The average molecular weight is 771 g/mol. The second kappa shape index (κ2) is 12.5. The molecule has 0 amide bonds. The fourth-order valence-electron chi connectivity index (χ4n) is 5.83. The number of aromatic nitrogens is 4. The molecule has 0 fully saturated rings. The minimum absolute atomic E-state index is 0. The summed E-state index contributed by atoms with van der Waals surface area (Å²) in [5.74, 6) is 0.768. The van der Waals surface area contributed by atoms with Gasteiger partial charge in [0.2, 0.25) is 0 Å². The summed E-state index contributed by atoms with van der Waals surface area (Å²) in [6.07, 6.45) is 3.70. The molecule has 5 aromatic carbocycles. The van der Waals surface area contributed by atoms with Gasteiger partial charge in [-0.1, -0.05) is 90.7 Å². The zero-order valence-corrected chi connectivity index (χ0v) is 27.2. The number of rotatable bonds is 3. The third kappa shape index (κ3) is 5.18. The molecule has 223 valence electrons. The number of furan rings is 1. The largest absolute Gasteiger partial charge is 0.501 e. The van der Waals surface area contributed by atoms with E-state index >= 15 is 0 Å². The van der Waals surface area contributed by atoms with E-state index < -0.39 is 0 Å². The van der Waals surface area contributed by atoms with Gasteiger partial charge in [-0.25, -0.2) is 4.98 Å². The maximum atomic E-state index is 6.39. The molecule has 0 aliphatic carbocycles. The first-order valence-corrected chi connectivity index (χ1v) is 14.8. The van der Waals surface area contributed by atoms with Gasteiger partial charge in [-0.3, -0.25) is 4.98 Å². The van der Waals surface area contributed by atoms with Crippen molar-refractivity contribution in [2.75, 3.05) is 0 Å². The molecule has 1 radical (unpaired) electrons. The van der Waals surface area contributed by atoms with Gasteiger partial charge in [0, 0.05) is 54.3 Å². The summed E-state index contributed by atoms with van der Waals surface area (Å²) in [7, 11) is 0. The zero-order chi connectivity index (χ0) is 30.2. The third-order valence-corrected chi connectivity index (χ3v) is 7.93. The molecule has 0 spiro atoms. The van der Waals surface area contributed by atoms with E-state index in [1.54, 1.807) is 6.20 Å². The first-order valence-electron chi connectivity index (χ1n) is 14.8. The van der Waals surface area contributed by atoms with E-state index in [-0.39, 0.29) is 20.1 Å². The molecule has 0 saturated carbocycles. The molecule has 5 nitrogen and oxygen atoms in total. The van der Waals surface area contributed by atoms with E-state index in [0.717, 1.165) is 77.8 Å². The van der Waals surface area contributed by atoms with Gasteiger partial charge in [0.25, 0.3) is 0 Å². The van der Waals surface area contributed by atoms with Crippen LogP contribution < -0.4 is 0 Å². The summed E-state index contributed by atoms with van der Waals surface area (Å²) in [6.45, 7) is 2.10. The average Bonchev–Trinajstić information content (AvgIpc) is 3.70. The molecule has 0 aliphatic rings. The smallest absolute Gasteiger partial charge is 0.156 e. The van der Waals surface area contributed by atoms with Crippen LogP contribution in [0.5, 0.6) is 0 Å². The Kier molecular flexibility index (Phi) is 7.98. The maximum Gasteiger partial charge on any atom is 0.156 e. The number of aryl methyl sites for hydroxylation is 1. The van der Waals surface area contributed by atoms with Gasteiger partial charge in [0.15, 0.2) is 5.65 Å². The second-order valence-electron chi connectivity index (χ2n) is 10.8. The summed E-state index contributed by atoms with van der Waals surface area (Å²) in [6, 6.07) is 48.9. The molecule has 0 unspecified atom stereocenters. The van der Waals surface area contributed by atoms with Crippen LogP contribution in [0.1, 0.15) is 5.56 Å². The van der Waals surface area contributed by atoms with Gasteiger partial charge in [-0.05, 0) is 30.0 Å². The number of imidazole rings is 1. The van der Waals surface area contributed by atoms with Crippen LogP contribution in [0, 0.1) is 19.1 Å². The van der Waals surface area contributed by atoms with Gasteiger partial charge in [0.1, 0.15) is 11.1 Å². The summed E-state index contributed by atoms with van der Waals surface area (Å²) in [4.78, 5) is 14.2. The van der Waals surface area contributed by atoms with E-state index in [2.05, 4.69) is 58.9 Å². The van der Waals surface area contributed by atoms with Crippen molar-refractivity contribution in [2.45, 2.75) is 6.92 Å². The summed E-state index contributed by atoms with van der Waals surface area (Å²) in [5.41, 5.74) is 8.31. The van der Waals surface area contributed by atoms with Crippen molar-refractivity contribution in [3.8, 4) is 28.3 Å². The van der Waals surface area contributed by atoms with E-state index in [0.29, 0.717) is 0 Å². The molecule has 0 N–H and O–H groups in total. The Hall–Kier alpha value is -5.42. The van der Waals surface area contributed by atoms with Crippen LogP contribution in [0.4, 0.5) is 0 Å². The van der Waals surface area contributed by atoms with Crippen LogP contribution in [0.2, 0.25) is 0 Å². The summed E-state index contributed by atoms with van der Waals surface area (Å²) in [5, 5.41) is 4.34. The van der Waals surface area contributed by atoms with Crippen molar-refractivity contribution in [1.29, 1.82) is 0 Å². The Labute approximate surface area is 279 Å².